The van der Waals surface area contributed by atoms with Gasteiger partial charge in [0.15, 0.2) is 5.84 Å². The number of amidine groups is 1. The van der Waals surface area contributed by atoms with Gasteiger partial charge >= 0.3 is 0 Å². The maximum absolute atomic E-state index is 13.9. The minimum Gasteiger partial charge on any atom is -0.409 e. The molecule has 0 amide bonds. The van der Waals surface area contributed by atoms with Gasteiger partial charge in [-0.2, -0.15) is 0 Å². The highest BCUT2D eigenvalue weighted by Crippen LogP contribution is 2.33. The van der Waals surface area contributed by atoms with Gasteiger partial charge in [0, 0.05) is 13.1 Å². The van der Waals surface area contributed by atoms with Gasteiger partial charge in [-0.3, -0.25) is 0 Å². The Bertz CT molecular complexity index is 499. The largest absolute Gasteiger partial charge is 0.409 e. The van der Waals surface area contributed by atoms with E-state index in [-0.39, 0.29) is 16.8 Å². The first-order chi connectivity index (χ1) is 8.94. The number of anilines is 1. The van der Waals surface area contributed by atoms with Crippen molar-refractivity contribution in [2.75, 3.05) is 18.0 Å². The number of piperidine rings is 1. The van der Waals surface area contributed by atoms with Crippen LogP contribution in [0.2, 0.25) is 0 Å². The quantitative estimate of drug-likeness (QED) is 0.374. The number of oxime groups is 1. The van der Waals surface area contributed by atoms with Crippen molar-refractivity contribution >= 4 is 11.5 Å². The number of hydrogen-bond acceptors (Lipinski definition) is 3. The highest BCUT2D eigenvalue weighted by atomic mass is 19.1. The van der Waals surface area contributed by atoms with E-state index in [2.05, 4.69) is 23.9 Å². The van der Waals surface area contributed by atoms with Gasteiger partial charge in [-0.05, 0) is 30.4 Å². The highest BCUT2D eigenvalue weighted by molar-refractivity contribution is 6.02. The lowest BCUT2D eigenvalue weighted by atomic mass is 9.84. The summed E-state index contributed by atoms with van der Waals surface area (Å²) in [4.78, 5) is 2.11. The summed E-state index contributed by atoms with van der Waals surface area (Å²) in [6, 6.07) is 4.80. The topological polar surface area (TPSA) is 61.8 Å². The molecule has 1 heterocycles. The highest BCUT2D eigenvalue weighted by Gasteiger charge is 2.28. The van der Waals surface area contributed by atoms with E-state index in [1.807, 2.05) is 6.07 Å². The molecular weight excluding hydrogens is 245 g/mol. The van der Waals surface area contributed by atoms with Crippen LogP contribution in [-0.4, -0.2) is 24.1 Å². The van der Waals surface area contributed by atoms with E-state index < -0.39 is 5.82 Å². The third kappa shape index (κ3) is 2.80. The Morgan fingerprint density at radius 2 is 2.21 bits per heavy atom. The van der Waals surface area contributed by atoms with Gasteiger partial charge in [-0.25, -0.2) is 4.39 Å². The van der Waals surface area contributed by atoms with Crippen LogP contribution in [0, 0.1) is 11.2 Å². The van der Waals surface area contributed by atoms with E-state index in [9.17, 15) is 4.39 Å². The van der Waals surface area contributed by atoms with Gasteiger partial charge in [0.2, 0.25) is 0 Å². The molecule has 0 radical (unpaired) electrons. The fourth-order valence-electron chi connectivity index (χ4n) is 2.71. The van der Waals surface area contributed by atoms with E-state index in [0.29, 0.717) is 5.69 Å². The van der Waals surface area contributed by atoms with Crippen LogP contribution in [0.15, 0.2) is 23.4 Å². The lowest BCUT2D eigenvalue weighted by Crippen LogP contribution is -2.41. The zero-order valence-corrected chi connectivity index (χ0v) is 11.4. The van der Waals surface area contributed by atoms with Crippen molar-refractivity contribution in [1.29, 1.82) is 0 Å². The van der Waals surface area contributed by atoms with Crippen molar-refractivity contribution in [2.45, 2.75) is 26.7 Å². The van der Waals surface area contributed by atoms with Gasteiger partial charge < -0.3 is 15.8 Å². The lowest BCUT2D eigenvalue weighted by Gasteiger charge is -2.40. The Kier molecular flexibility index (Phi) is 3.64. The molecule has 1 fully saturated rings. The SMILES string of the molecule is CC1(C)CCCN(c2cccc(F)c2C(N)=NO)C1. The van der Waals surface area contributed by atoms with Crippen molar-refractivity contribution in [3.8, 4) is 0 Å². The van der Waals surface area contributed by atoms with Crippen LogP contribution in [-0.2, 0) is 0 Å². The average molecular weight is 265 g/mol. The molecule has 3 N–H and O–H groups in total. The first-order valence-electron chi connectivity index (χ1n) is 6.46. The van der Waals surface area contributed by atoms with E-state index in [4.69, 9.17) is 10.9 Å². The van der Waals surface area contributed by atoms with Crippen LogP contribution in [0.3, 0.4) is 0 Å². The van der Waals surface area contributed by atoms with Gasteiger partial charge in [-0.15, -0.1) is 0 Å². The molecule has 0 spiro atoms. The van der Waals surface area contributed by atoms with E-state index in [0.717, 1.165) is 25.9 Å². The van der Waals surface area contributed by atoms with Crippen LogP contribution in [0.4, 0.5) is 10.1 Å². The summed E-state index contributed by atoms with van der Waals surface area (Å²) >= 11 is 0. The van der Waals surface area contributed by atoms with Crippen LogP contribution in [0.1, 0.15) is 32.3 Å². The third-order valence-electron chi connectivity index (χ3n) is 3.60. The number of halogens is 1. The molecule has 1 aliphatic heterocycles. The summed E-state index contributed by atoms with van der Waals surface area (Å²) in [6.07, 6.45) is 2.21. The molecule has 1 saturated heterocycles. The molecule has 0 aliphatic carbocycles. The Labute approximate surface area is 112 Å². The smallest absolute Gasteiger partial charge is 0.175 e. The molecule has 0 saturated carbocycles. The van der Waals surface area contributed by atoms with Gasteiger partial charge in [-0.1, -0.05) is 25.1 Å². The van der Waals surface area contributed by atoms with E-state index in [1.54, 1.807) is 6.07 Å². The van der Waals surface area contributed by atoms with Crippen LogP contribution < -0.4 is 10.6 Å². The molecule has 0 unspecified atom stereocenters. The molecule has 5 heteroatoms. The molecule has 0 atom stereocenters. The summed E-state index contributed by atoms with van der Waals surface area (Å²) in [5, 5.41) is 11.8. The molecule has 1 aromatic carbocycles. The summed E-state index contributed by atoms with van der Waals surface area (Å²) in [6.45, 7) is 6.09. The number of rotatable bonds is 2. The van der Waals surface area contributed by atoms with E-state index in [1.165, 1.54) is 6.07 Å². The monoisotopic (exact) mass is 265 g/mol. The summed E-state index contributed by atoms with van der Waals surface area (Å²) < 4.78 is 13.9. The van der Waals surface area contributed by atoms with E-state index >= 15 is 0 Å². The Hall–Kier alpha value is -1.78. The Morgan fingerprint density at radius 3 is 2.84 bits per heavy atom. The van der Waals surface area contributed by atoms with Crippen molar-refractivity contribution < 1.29 is 9.60 Å². The van der Waals surface area contributed by atoms with Crippen molar-refractivity contribution in [1.82, 2.24) is 0 Å². The zero-order valence-electron chi connectivity index (χ0n) is 11.4. The molecule has 19 heavy (non-hydrogen) atoms. The van der Waals surface area contributed by atoms with Crippen LogP contribution >= 0.6 is 0 Å². The molecule has 0 aromatic heterocycles. The minimum absolute atomic E-state index is 0.183. The van der Waals surface area contributed by atoms with Gasteiger partial charge in [0.25, 0.3) is 0 Å². The molecule has 1 aliphatic rings. The zero-order chi connectivity index (χ0) is 14.0. The third-order valence-corrected chi connectivity index (χ3v) is 3.60. The van der Waals surface area contributed by atoms with Gasteiger partial charge in [0.1, 0.15) is 5.82 Å². The van der Waals surface area contributed by atoms with Crippen molar-refractivity contribution in [2.24, 2.45) is 16.3 Å². The number of hydrogen-bond donors (Lipinski definition) is 2. The summed E-state index contributed by atoms with van der Waals surface area (Å²) in [5.74, 6) is -0.646. The van der Waals surface area contributed by atoms with Gasteiger partial charge in [0.05, 0.1) is 11.3 Å². The number of nitrogens with two attached hydrogens (primary N) is 1. The number of nitrogens with zero attached hydrogens (tertiary/aromatic N) is 2. The molecule has 4 nitrogen and oxygen atoms in total. The first kappa shape index (κ1) is 13.6. The summed E-state index contributed by atoms with van der Waals surface area (Å²) in [7, 11) is 0. The maximum Gasteiger partial charge on any atom is 0.175 e. The lowest BCUT2D eigenvalue weighted by molar-refractivity contribution is 0.293. The van der Waals surface area contributed by atoms with Crippen molar-refractivity contribution in [3.63, 3.8) is 0 Å². The fraction of sp³-hybridized carbons (Fsp3) is 0.500. The predicted molar refractivity (Wildman–Crippen MR) is 74.1 cm³/mol. The average Bonchev–Trinajstić information content (AvgIpc) is 2.36. The summed E-state index contributed by atoms with van der Waals surface area (Å²) in [5.41, 5.74) is 6.67. The molecular formula is C14H20FN3O. The second-order valence-electron chi connectivity index (χ2n) is 5.81. The first-order valence-corrected chi connectivity index (χ1v) is 6.46. The Balaban J connectivity index is 2.42. The molecule has 0 bridgehead atoms. The second kappa shape index (κ2) is 5.07. The van der Waals surface area contributed by atoms with Crippen LogP contribution in [0.5, 0.6) is 0 Å². The normalized spacial score (nSPS) is 19.5. The predicted octanol–water partition coefficient (Wildman–Crippen LogP) is 2.55. The fourth-order valence-corrected chi connectivity index (χ4v) is 2.71. The minimum atomic E-state index is -0.462. The second-order valence-corrected chi connectivity index (χ2v) is 5.81. The molecule has 104 valence electrons. The standard InChI is InChI=1S/C14H20FN3O/c1-14(2)7-4-8-18(9-14)11-6-3-5-10(15)12(11)13(16)17-19/h3,5-6,19H,4,7-9H2,1-2H3,(H2,16,17). The van der Waals surface area contributed by atoms with Crippen LogP contribution in [0.25, 0.3) is 0 Å². The van der Waals surface area contributed by atoms with Crippen molar-refractivity contribution in [3.05, 3.63) is 29.6 Å². The molecule has 2 rings (SSSR count). The number of benzene rings is 1. The Morgan fingerprint density at radius 1 is 1.47 bits per heavy atom. The molecule has 1 aromatic rings. The maximum atomic E-state index is 13.9.